The van der Waals surface area contributed by atoms with Crippen molar-refractivity contribution in [3.8, 4) is 0 Å². The molecule has 21 nitrogen and oxygen atoms in total. The average Bonchev–Trinajstić information content (AvgIpc) is 3.30. The second-order valence-electron chi connectivity index (χ2n) is 18.9. The van der Waals surface area contributed by atoms with Gasteiger partial charge in [0, 0.05) is 55.9 Å². The van der Waals surface area contributed by atoms with E-state index in [1.165, 1.54) is 56.5 Å². The van der Waals surface area contributed by atoms with Gasteiger partial charge in [-0.1, -0.05) is 6.58 Å². The molecule has 0 aliphatic rings. The first kappa shape index (κ1) is 64.0. The molecule has 0 aliphatic carbocycles. The topological polar surface area (TPSA) is 241 Å². The van der Waals surface area contributed by atoms with Gasteiger partial charge >= 0.3 is 35.8 Å². The summed E-state index contributed by atoms with van der Waals surface area (Å²) in [5.41, 5.74) is -10.1. The Labute approximate surface area is 403 Å². The highest BCUT2D eigenvalue weighted by molar-refractivity contribution is 5.82. The molecule has 0 N–H and O–H groups in total. The first-order valence-corrected chi connectivity index (χ1v) is 22.1. The fourth-order valence-electron chi connectivity index (χ4n) is 6.39. The average molecular weight is 983 g/mol. The van der Waals surface area contributed by atoms with Gasteiger partial charge in [-0.25, -0.2) is 0 Å². The summed E-state index contributed by atoms with van der Waals surface area (Å²) in [4.78, 5) is 81.8. The van der Waals surface area contributed by atoms with E-state index in [-0.39, 0.29) is 58.6 Å². The quantitative estimate of drug-likeness (QED) is 0.0489. The molecule has 21 heteroatoms. The van der Waals surface area contributed by atoms with Crippen LogP contribution < -0.4 is 0 Å². The molecule has 0 radical (unpaired) electrons. The van der Waals surface area contributed by atoms with Gasteiger partial charge in [0.2, 0.25) is 0 Å². The number of hydrogen-bond donors (Lipinski definition) is 0. The lowest BCUT2D eigenvalue weighted by Crippen LogP contribution is -2.47. The summed E-state index contributed by atoms with van der Waals surface area (Å²) in [7, 11) is 9.58. The minimum absolute atomic E-state index is 0.0196. The predicted molar refractivity (Wildman–Crippen MR) is 243 cm³/mol. The van der Waals surface area contributed by atoms with Crippen molar-refractivity contribution >= 4 is 35.8 Å². The van der Waals surface area contributed by atoms with Crippen LogP contribution in [0.15, 0.2) is 12.3 Å². The molecule has 0 rings (SSSR count). The number of carbonyl (C=O) groups is 6. The van der Waals surface area contributed by atoms with Crippen LogP contribution in [0.3, 0.4) is 0 Å². The highest BCUT2D eigenvalue weighted by Gasteiger charge is 2.47. The Hall–Kier alpha value is -3.96. The number of hydrogen-bond acceptors (Lipinski definition) is 21. The third-order valence-corrected chi connectivity index (χ3v) is 11.0. The second-order valence-corrected chi connectivity index (χ2v) is 18.9. The molecular weight excluding hydrogens is 900 g/mol. The molecule has 68 heavy (non-hydrogen) atoms. The number of esters is 6. The molecule has 0 spiro atoms. The van der Waals surface area contributed by atoms with Gasteiger partial charge in [0.15, 0.2) is 0 Å². The van der Waals surface area contributed by atoms with Crippen LogP contribution in [-0.4, -0.2) is 191 Å². The lowest BCUT2D eigenvalue weighted by atomic mass is 9.88. The summed E-state index contributed by atoms with van der Waals surface area (Å²) in [6.45, 7) is 15.1. The van der Waals surface area contributed by atoms with Crippen LogP contribution in [0.4, 0.5) is 0 Å². The minimum atomic E-state index is -1.86. The van der Waals surface area contributed by atoms with Gasteiger partial charge in [0.1, 0.15) is 77.9 Å². The number of rotatable bonds is 38. The number of methoxy groups -OCH3 is 7. The summed E-state index contributed by atoms with van der Waals surface area (Å²) in [5.74, 6) is -4.94. The van der Waals surface area contributed by atoms with E-state index in [0.29, 0.717) is 13.2 Å². The first-order chi connectivity index (χ1) is 31.7. The largest absolute Gasteiger partial charge is 0.496 e. The van der Waals surface area contributed by atoms with Crippen LogP contribution in [0.2, 0.25) is 0 Å². The Morgan fingerprint density at radius 3 is 0.750 bits per heavy atom. The van der Waals surface area contributed by atoms with E-state index >= 15 is 0 Å². The zero-order valence-corrected chi connectivity index (χ0v) is 43.6. The highest BCUT2D eigenvalue weighted by Crippen LogP contribution is 2.34. The summed E-state index contributed by atoms with van der Waals surface area (Å²) in [6.07, 6.45) is 0. The van der Waals surface area contributed by atoms with Gasteiger partial charge < -0.3 is 71.1 Å². The zero-order chi connectivity index (χ0) is 52.5. The zero-order valence-electron chi connectivity index (χ0n) is 43.6. The van der Waals surface area contributed by atoms with Crippen LogP contribution >= 0.6 is 0 Å². The molecule has 396 valence electrons. The SMILES string of the molecule is C=C(OCC(C)(COC(=O)C(C)(COC(=O)C(C)(COC)COC)COC(=O)C(C)(COC)COC)C(=O)OC)C(C)(COC(=O)C(C)(COC)COCC)COC(=O)C(C)(COC)COCC. The fraction of sp³-hybridized carbons (Fsp3) is 0.830. The van der Waals surface area contributed by atoms with Crippen molar-refractivity contribution in [1.82, 2.24) is 0 Å². The molecule has 0 saturated carbocycles. The maximum Gasteiger partial charge on any atom is 0.318 e. The Kier molecular flexibility index (Phi) is 28.2. The molecule has 0 bridgehead atoms. The Bertz CT molecular complexity index is 1510. The third kappa shape index (κ3) is 19.1. The molecule has 0 aromatic heterocycles. The molecule has 0 aromatic carbocycles. The van der Waals surface area contributed by atoms with E-state index in [1.807, 2.05) is 0 Å². The first-order valence-electron chi connectivity index (χ1n) is 22.1. The van der Waals surface area contributed by atoms with Crippen molar-refractivity contribution in [3.05, 3.63) is 12.3 Å². The van der Waals surface area contributed by atoms with Gasteiger partial charge in [-0.3, -0.25) is 28.8 Å². The fourth-order valence-corrected chi connectivity index (χ4v) is 6.39. The summed E-state index contributed by atoms with van der Waals surface area (Å²) in [6, 6.07) is 0. The third-order valence-electron chi connectivity index (χ3n) is 11.0. The van der Waals surface area contributed by atoms with Crippen LogP contribution in [0.25, 0.3) is 0 Å². The van der Waals surface area contributed by atoms with Crippen molar-refractivity contribution in [2.45, 2.75) is 62.3 Å². The molecular formula is C47H82O21. The van der Waals surface area contributed by atoms with Crippen molar-refractivity contribution in [2.75, 3.05) is 155 Å². The lowest BCUT2D eigenvalue weighted by Gasteiger charge is -2.36. The molecule has 3 atom stereocenters. The Morgan fingerprint density at radius 2 is 0.515 bits per heavy atom. The van der Waals surface area contributed by atoms with Crippen molar-refractivity contribution < 1.29 is 99.8 Å². The van der Waals surface area contributed by atoms with Crippen LogP contribution in [0.1, 0.15) is 62.3 Å². The smallest absolute Gasteiger partial charge is 0.318 e. The van der Waals surface area contributed by atoms with E-state index in [4.69, 9.17) is 71.1 Å². The molecule has 0 aliphatic heterocycles. The van der Waals surface area contributed by atoms with E-state index in [2.05, 4.69) is 6.58 Å². The standard InChI is InChI=1S/C47H82O21/c1-18-61-26-44(7,24-58-15)38(51)64-28-41(4,29-65-39(52)45(8,25-59-16)27-62-19-2)34(3)63-30-46(9,35(48)60-17)31-66-40(53)47(10,32-67-36(49)42(5,20-54-11)21-55-12)33-68-37(50)43(6,22-56-13)23-57-14/h3,18-33H2,1-2,4-17H3. The van der Waals surface area contributed by atoms with Gasteiger partial charge in [0.05, 0.1) is 65.4 Å². The highest BCUT2D eigenvalue weighted by atomic mass is 16.6. The van der Waals surface area contributed by atoms with E-state index < -0.39 is 113 Å². The van der Waals surface area contributed by atoms with Gasteiger partial charge in [-0.15, -0.1) is 0 Å². The van der Waals surface area contributed by atoms with Gasteiger partial charge in [-0.2, -0.15) is 0 Å². The van der Waals surface area contributed by atoms with E-state index in [9.17, 15) is 28.8 Å². The molecule has 3 unspecified atom stereocenters. The van der Waals surface area contributed by atoms with Crippen LogP contribution in [-0.2, 0) is 99.8 Å². The molecule has 0 saturated heterocycles. The Morgan fingerprint density at radius 1 is 0.309 bits per heavy atom. The maximum atomic E-state index is 14.2. The van der Waals surface area contributed by atoms with E-state index in [0.717, 1.165) is 7.11 Å². The normalized spacial score (nSPS) is 15.6. The molecule has 0 fully saturated rings. The van der Waals surface area contributed by atoms with Crippen molar-refractivity contribution in [2.24, 2.45) is 37.9 Å². The van der Waals surface area contributed by atoms with Crippen molar-refractivity contribution in [3.63, 3.8) is 0 Å². The molecule has 0 aromatic rings. The second kappa shape index (κ2) is 29.9. The summed E-state index contributed by atoms with van der Waals surface area (Å²) >= 11 is 0. The van der Waals surface area contributed by atoms with E-state index in [1.54, 1.807) is 48.5 Å². The lowest BCUT2D eigenvalue weighted by molar-refractivity contribution is -0.183. The van der Waals surface area contributed by atoms with Gasteiger partial charge in [-0.05, 0) is 62.3 Å². The summed E-state index contributed by atoms with van der Waals surface area (Å²) in [5, 5.41) is 0. The number of ether oxygens (including phenoxy) is 15. The van der Waals surface area contributed by atoms with Crippen LogP contribution in [0, 0.1) is 37.9 Å². The van der Waals surface area contributed by atoms with Crippen molar-refractivity contribution in [1.29, 1.82) is 0 Å². The molecule has 0 amide bonds. The maximum absolute atomic E-state index is 14.2. The van der Waals surface area contributed by atoms with Crippen LogP contribution in [0.5, 0.6) is 0 Å². The Balaban J connectivity index is 6.91. The predicted octanol–water partition coefficient (Wildman–Crippen LogP) is 3.40. The van der Waals surface area contributed by atoms with Gasteiger partial charge in [0.25, 0.3) is 0 Å². The number of carbonyl (C=O) groups excluding carboxylic acids is 6. The summed E-state index contributed by atoms with van der Waals surface area (Å²) < 4.78 is 82.5. The molecule has 0 heterocycles. The monoisotopic (exact) mass is 983 g/mol. The minimum Gasteiger partial charge on any atom is -0.496 e.